The largest absolute Gasteiger partial charge is 0.465 e. The van der Waals surface area contributed by atoms with Gasteiger partial charge in [-0.05, 0) is 45.1 Å². The van der Waals surface area contributed by atoms with E-state index in [2.05, 4.69) is 10.6 Å². The highest BCUT2D eigenvalue weighted by Crippen LogP contribution is 2.23. The van der Waals surface area contributed by atoms with Crippen molar-refractivity contribution in [3.05, 3.63) is 0 Å². The molecule has 0 aromatic carbocycles. The SMILES string of the molecule is CC(NCC1CCC(NC(=O)O)CC1)C(F)F. The van der Waals surface area contributed by atoms with Gasteiger partial charge in [0, 0.05) is 6.04 Å². The summed E-state index contributed by atoms with van der Waals surface area (Å²) in [5.41, 5.74) is 0. The van der Waals surface area contributed by atoms with Crippen molar-refractivity contribution in [2.45, 2.75) is 51.1 Å². The van der Waals surface area contributed by atoms with Crippen LogP contribution in [-0.4, -0.2) is 36.3 Å². The van der Waals surface area contributed by atoms with E-state index in [1.54, 1.807) is 0 Å². The van der Waals surface area contributed by atoms with E-state index in [1.165, 1.54) is 6.92 Å². The summed E-state index contributed by atoms with van der Waals surface area (Å²) in [5, 5.41) is 13.8. The van der Waals surface area contributed by atoms with Crippen LogP contribution in [0, 0.1) is 5.92 Å². The lowest BCUT2D eigenvalue weighted by Crippen LogP contribution is -2.40. The maximum absolute atomic E-state index is 12.3. The van der Waals surface area contributed by atoms with Crippen LogP contribution in [-0.2, 0) is 0 Å². The van der Waals surface area contributed by atoms with Gasteiger partial charge in [0.25, 0.3) is 6.43 Å². The van der Waals surface area contributed by atoms with Crippen molar-refractivity contribution < 1.29 is 18.7 Å². The van der Waals surface area contributed by atoms with E-state index >= 15 is 0 Å². The van der Waals surface area contributed by atoms with Crippen molar-refractivity contribution in [3.63, 3.8) is 0 Å². The maximum atomic E-state index is 12.3. The molecule has 1 unspecified atom stereocenters. The first-order valence-electron chi connectivity index (χ1n) is 6.00. The number of carbonyl (C=O) groups is 1. The summed E-state index contributed by atoms with van der Waals surface area (Å²) in [6, 6.07) is -0.749. The van der Waals surface area contributed by atoms with Gasteiger partial charge in [-0.2, -0.15) is 0 Å². The van der Waals surface area contributed by atoms with Crippen LogP contribution < -0.4 is 10.6 Å². The summed E-state index contributed by atoms with van der Waals surface area (Å²) < 4.78 is 24.5. The van der Waals surface area contributed by atoms with E-state index in [0.29, 0.717) is 12.5 Å². The van der Waals surface area contributed by atoms with Crippen molar-refractivity contribution in [3.8, 4) is 0 Å². The van der Waals surface area contributed by atoms with Crippen LogP contribution in [0.4, 0.5) is 13.6 Å². The molecular weight excluding hydrogens is 230 g/mol. The fourth-order valence-corrected chi connectivity index (χ4v) is 2.13. The second-order valence-electron chi connectivity index (χ2n) is 4.70. The number of halogens is 2. The standard InChI is InChI=1S/C11H20F2N2O2/c1-7(10(12)13)14-6-8-2-4-9(5-3-8)15-11(16)17/h7-10,14-15H,2-6H2,1H3,(H,16,17). The van der Waals surface area contributed by atoms with Crippen LogP contribution in [0.5, 0.6) is 0 Å². The van der Waals surface area contributed by atoms with Gasteiger partial charge >= 0.3 is 6.09 Å². The van der Waals surface area contributed by atoms with E-state index in [1.807, 2.05) is 0 Å². The molecular formula is C11H20F2N2O2. The molecule has 6 heteroatoms. The van der Waals surface area contributed by atoms with E-state index in [-0.39, 0.29) is 6.04 Å². The molecule has 1 fully saturated rings. The molecule has 3 N–H and O–H groups in total. The Bertz CT molecular complexity index is 244. The summed E-state index contributed by atoms with van der Waals surface area (Å²) >= 11 is 0. The molecule has 1 aliphatic rings. The highest BCUT2D eigenvalue weighted by atomic mass is 19.3. The first-order chi connectivity index (χ1) is 7.99. The molecule has 100 valence electrons. The molecule has 0 spiro atoms. The molecule has 0 heterocycles. The number of carboxylic acid groups (broad SMARTS) is 1. The lowest BCUT2D eigenvalue weighted by molar-refractivity contribution is 0.102. The minimum absolute atomic E-state index is 0.0243. The van der Waals surface area contributed by atoms with Crippen LogP contribution in [0.3, 0.4) is 0 Å². The minimum Gasteiger partial charge on any atom is -0.465 e. The van der Waals surface area contributed by atoms with E-state index in [9.17, 15) is 13.6 Å². The average Bonchev–Trinajstić information content (AvgIpc) is 2.26. The van der Waals surface area contributed by atoms with Gasteiger partial charge in [0.2, 0.25) is 0 Å². The lowest BCUT2D eigenvalue weighted by Gasteiger charge is -2.29. The minimum atomic E-state index is -2.33. The van der Waals surface area contributed by atoms with Crippen LogP contribution in [0.1, 0.15) is 32.6 Å². The Hall–Kier alpha value is -0.910. The van der Waals surface area contributed by atoms with Gasteiger partial charge < -0.3 is 15.7 Å². The molecule has 1 rings (SSSR count). The molecule has 1 amide bonds. The topological polar surface area (TPSA) is 61.4 Å². The molecule has 0 radical (unpaired) electrons. The Morgan fingerprint density at radius 3 is 2.41 bits per heavy atom. The van der Waals surface area contributed by atoms with Gasteiger partial charge in [0.1, 0.15) is 0 Å². The normalized spacial score (nSPS) is 26.8. The third-order valence-electron chi connectivity index (χ3n) is 3.28. The zero-order valence-electron chi connectivity index (χ0n) is 9.96. The zero-order chi connectivity index (χ0) is 12.8. The van der Waals surface area contributed by atoms with Crippen LogP contribution in [0.25, 0.3) is 0 Å². The van der Waals surface area contributed by atoms with Gasteiger partial charge in [-0.1, -0.05) is 0 Å². The first kappa shape index (κ1) is 14.2. The molecule has 1 atom stereocenters. The van der Waals surface area contributed by atoms with Crippen molar-refractivity contribution in [2.24, 2.45) is 5.92 Å². The van der Waals surface area contributed by atoms with Gasteiger partial charge in [-0.15, -0.1) is 0 Å². The Kier molecular flexibility index (Phi) is 5.61. The molecule has 0 aliphatic heterocycles. The smallest absolute Gasteiger partial charge is 0.404 e. The number of hydrogen-bond donors (Lipinski definition) is 3. The average molecular weight is 250 g/mol. The number of rotatable bonds is 5. The number of hydrogen-bond acceptors (Lipinski definition) is 2. The second kappa shape index (κ2) is 6.74. The molecule has 1 saturated carbocycles. The molecule has 17 heavy (non-hydrogen) atoms. The zero-order valence-corrected chi connectivity index (χ0v) is 9.96. The van der Waals surface area contributed by atoms with Crippen molar-refractivity contribution in [2.75, 3.05) is 6.54 Å². The summed E-state index contributed by atoms with van der Waals surface area (Å²) in [6.45, 7) is 2.06. The Labute approximate surface area is 99.8 Å². The predicted molar refractivity (Wildman–Crippen MR) is 60.4 cm³/mol. The molecule has 0 aromatic heterocycles. The van der Waals surface area contributed by atoms with E-state index in [4.69, 9.17) is 5.11 Å². The third-order valence-corrected chi connectivity index (χ3v) is 3.28. The summed E-state index contributed by atoms with van der Waals surface area (Å²) in [7, 11) is 0. The lowest BCUT2D eigenvalue weighted by atomic mass is 9.86. The maximum Gasteiger partial charge on any atom is 0.404 e. The van der Waals surface area contributed by atoms with Gasteiger partial charge in [0.15, 0.2) is 0 Å². The van der Waals surface area contributed by atoms with Gasteiger partial charge in [0.05, 0.1) is 6.04 Å². The fraction of sp³-hybridized carbons (Fsp3) is 0.909. The predicted octanol–water partition coefficient (Wildman–Crippen LogP) is 2.06. The summed E-state index contributed by atoms with van der Waals surface area (Å²) in [4.78, 5) is 10.4. The molecule has 0 bridgehead atoms. The molecule has 1 aliphatic carbocycles. The number of nitrogens with one attached hydrogen (secondary N) is 2. The Balaban J connectivity index is 2.17. The van der Waals surface area contributed by atoms with Crippen LogP contribution >= 0.6 is 0 Å². The van der Waals surface area contributed by atoms with E-state index < -0.39 is 18.6 Å². The van der Waals surface area contributed by atoms with Gasteiger partial charge in [-0.3, -0.25) is 0 Å². The molecule has 0 saturated heterocycles. The Morgan fingerprint density at radius 2 is 1.94 bits per heavy atom. The number of alkyl halides is 2. The van der Waals surface area contributed by atoms with Crippen molar-refractivity contribution >= 4 is 6.09 Å². The fourth-order valence-electron chi connectivity index (χ4n) is 2.13. The van der Waals surface area contributed by atoms with Crippen molar-refractivity contribution in [1.29, 1.82) is 0 Å². The molecule has 4 nitrogen and oxygen atoms in total. The monoisotopic (exact) mass is 250 g/mol. The highest BCUT2D eigenvalue weighted by Gasteiger charge is 2.23. The third kappa shape index (κ3) is 5.30. The summed E-state index contributed by atoms with van der Waals surface area (Å²) in [5.74, 6) is 0.378. The highest BCUT2D eigenvalue weighted by molar-refractivity contribution is 5.64. The first-order valence-corrected chi connectivity index (χ1v) is 6.00. The summed E-state index contributed by atoms with van der Waals surface area (Å²) in [6.07, 6.45) is 0.0310. The van der Waals surface area contributed by atoms with Crippen LogP contribution in [0.2, 0.25) is 0 Å². The van der Waals surface area contributed by atoms with Crippen molar-refractivity contribution in [1.82, 2.24) is 10.6 Å². The second-order valence-corrected chi connectivity index (χ2v) is 4.70. The Morgan fingerprint density at radius 1 is 1.35 bits per heavy atom. The van der Waals surface area contributed by atoms with E-state index in [0.717, 1.165) is 25.7 Å². The molecule has 0 aromatic rings. The quantitative estimate of drug-likeness (QED) is 0.700. The number of amides is 1. The van der Waals surface area contributed by atoms with Crippen LogP contribution in [0.15, 0.2) is 0 Å². The van der Waals surface area contributed by atoms with Gasteiger partial charge in [-0.25, -0.2) is 13.6 Å².